The highest BCUT2D eigenvalue weighted by molar-refractivity contribution is 6.02. The fourth-order valence-electron chi connectivity index (χ4n) is 4.73. The van der Waals surface area contributed by atoms with Gasteiger partial charge in [0.1, 0.15) is 19.1 Å². The zero-order chi connectivity index (χ0) is 24.8. The highest BCUT2D eigenvalue weighted by Crippen LogP contribution is 2.46. The summed E-state index contributed by atoms with van der Waals surface area (Å²) < 4.78 is 11.1. The lowest BCUT2D eigenvalue weighted by molar-refractivity contribution is -0.174. The molecule has 1 aliphatic rings. The molecular weight excluding hydrogens is 444 g/mol. The van der Waals surface area contributed by atoms with E-state index in [1.54, 1.807) is 30.3 Å². The quantitative estimate of drug-likeness (QED) is 0.409. The maximum atomic E-state index is 13.4. The summed E-state index contributed by atoms with van der Waals surface area (Å²) in [6.45, 7) is 1.47. The van der Waals surface area contributed by atoms with Gasteiger partial charge in [-0.3, -0.25) is 14.4 Å². The first-order chi connectivity index (χ1) is 16.9. The molecule has 4 atom stereocenters. The Labute approximate surface area is 204 Å². The number of hydrogen-bond acceptors (Lipinski definition) is 6. The van der Waals surface area contributed by atoms with E-state index in [-0.39, 0.29) is 19.6 Å². The van der Waals surface area contributed by atoms with E-state index in [4.69, 9.17) is 9.47 Å². The van der Waals surface area contributed by atoms with Gasteiger partial charge in [0.05, 0.1) is 11.5 Å². The number of hydrogen-bond donors (Lipinski definition) is 1. The van der Waals surface area contributed by atoms with Crippen molar-refractivity contribution in [1.82, 2.24) is 0 Å². The highest BCUT2D eigenvalue weighted by atomic mass is 16.5. The van der Waals surface area contributed by atoms with Crippen LogP contribution in [-0.2, 0) is 37.1 Å². The van der Waals surface area contributed by atoms with Crippen molar-refractivity contribution >= 4 is 17.7 Å². The van der Waals surface area contributed by atoms with Gasteiger partial charge in [0, 0.05) is 12.3 Å². The zero-order valence-corrected chi connectivity index (χ0v) is 19.5. The second kappa shape index (κ2) is 10.7. The lowest BCUT2D eigenvalue weighted by Gasteiger charge is -2.43. The number of aliphatic hydroxyl groups is 1. The van der Waals surface area contributed by atoms with Gasteiger partial charge in [-0.1, -0.05) is 91.0 Å². The molecular formula is C29H28O6. The second-order valence-electron chi connectivity index (χ2n) is 9.08. The lowest BCUT2D eigenvalue weighted by Crippen LogP contribution is -2.55. The van der Waals surface area contributed by atoms with E-state index in [0.717, 1.165) is 11.1 Å². The van der Waals surface area contributed by atoms with E-state index in [1.165, 1.54) is 6.92 Å². The number of ether oxygens (including phenoxy) is 2. The first kappa shape index (κ1) is 24.4. The van der Waals surface area contributed by atoms with Crippen molar-refractivity contribution in [2.45, 2.75) is 38.1 Å². The van der Waals surface area contributed by atoms with Gasteiger partial charge in [-0.25, -0.2) is 0 Å². The molecule has 3 aromatic carbocycles. The molecule has 1 fully saturated rings. The molecule has 0 saturated heterocycles. The summed E-state index contributed by atoms with van der Waals surface area (Å²) in [6, 6.07) is 27.2. The van der Waals surface area contributed by atoms with Crippen LogP contribution in [0.25, 0.3) is 0 Å². The van der Waals surface area contributed by atoms with Crippen molar-refractivity contribution in [3.63, 3.8) is 0 Å². The summed E-state index contributed by atoms with van der Waals surface area (Å²) in [5, 5.41) is 11.2. The topological polar surface area (TPSA) is 89.9 Å². The standard InChI is InChI=1S/C29H28O6/c1-29(33)17-23(30)25(27(31)34-18-20-11-5-2-6-12-20)24(22-15-9-4-10-16-22)26(29)28(32)35-19-21-13-7-3-8-14-21/h2-16,24-26,33H,17-19H2,1H3/t24-,25+,26+,29+/m0/s1. The van der Waals surface area contributed by atoms with Crippen LogP contribution >= 0.6 is 0 Å². The van der Waals surface area contributed by atoms with Crippen molar-refractivity contribution in [2.24, 2.45) is 11.8 Å². The number of Topliss-reactive ketones (excluding diaryl/α,β-unsaturated/α-hetero) is 1. The molecule has 0 unspecified atom stereocenters. The van der Waals surface area contributed by atoms with Crippen LogP contribution in [0, 0.1) is 11.8 Å². The van der Waals surface area contributed by atoms with E-state index in [2.05, 4.69) is 0 Å². The molecule has 0 bridgehead atoms. The van der Waals surface area contributed by atoms with Crippen molar-refractivity contribution in [3.05, 3.63) is 108 Å². The number of carbonyl (C=O) groups is 3. The minimum Gasteiger partial charge on any atom is -0.461 e. The molecule has 4 rings (SSSR count). The molecule has 0 heterocycles. The first-order valence-corrected chi connectivity index (χ1v) is 11.6. The predicted molar refractivity (Wildman–Crippen MR) is 129 cm³/mol. The Balaban J connectivity index is 1.64. The molecule has 180 valence electrons. The first-order valence-electron chi connectivity index (χ1n) is 11.6. The molecule has 1 N–H and O–H groups in total. The minimum absolute atomic E-state index is 0.00444. The summed E-state index contributed by atoms with van der Waals surface area (Å²) in [6.07, 6.45) is -0.355. The number of ketones is 1. The van der Waals surface area contributed by atoms with Crippen LogP contribution in [0.5, 0.6) is 0 Å². The monoisotopic (exact) mass is 472 g/mol. The van der Waals surface area contributed by atoms with Crippen molar-refractivity contribution in [3.8, 4) is 0 Å². The molecule has 6 heteroatoms. The van der Waals surface area contributed by atoms with Gasteiger partial charge in [0.15, 0.2) is 5.78 Å². The Bertz CT molecular complexity index is 1160. The van der Waals surface area contributed by atoms with E-state index < -0.39 is 41.1 Å². The summed E-state index contributed by atoms with van der Waals surface area (Å²) in [5.74, 6) is -5.16. The number of esters is 2. The molecule has 3 aromatic rings. The van der Waals surface area contributed by atoms with Gasteiger partial charge in [-0.2, -0.15) is 0 Å². The Hall–Kier alpha value is -3.77. The average molecular weight is 473 g/mol. The summed E-state index contributed by atoms with van der Waals surface area (Å²) in [7, 11) is 0. The predicted octanol–water partition coefficient (Wildman–Crippen LogP) is 4.21. The number of rotatable bonds is 7. The van der Waals surface area contributed by atoms with Gasteiger partial charge < -0.3 is 14.6 Å². The van der Waals surface area contributed by atoms with Gasteiger partial charge in [-0.05, 0) is 23.6 Å². The van der Waals surface area contributed by atoms with Gasteiger partial charge in [0.2, 0.25) is 0 Å². The lowest BCUT2D eigenvalue weighted by atomic mass is 9.62. The van der Waals surface area contributed by atoms with Gasteiger partial charge in [0.25, 0.3) is 0 Å². The third-order valence-electron chi connectivity index (χ3n) is 6.41. The van der Waals surface area contributed by atoms with Crippen LogP contribution in [0.1, 0.15) is 36.0 Å². The Morgan fingerprint density at radius 1 is 0.800 bits per heavy atom. The van der Waals surface area contributed by atoms with Gasteiger partial charge >= 0.3 is 11.9 Å². The van der Waals surface area contributed by atoms with Crippen LogP contribution < -0.4 is 0 Å². The average Bonchev–Trinajstić information content (AvgIpc) is 2.86. The number of benzene rings is 3. The Kier molecular flexibility index (Phi) is 7.42. The molecule has 0 spiro atoms. The maximum Gasteiger partial charge on any atom is 0.317 e. The van der Waals surface area contributed by atoms with Crippen molar-refractivity contribution in [1.29, 1.82) is 0 Å². The smallest absolute Gasteiger partial charge is 0.317 e. The molecule has 0 aromatic heterocycles. The molecule has 0 radical (unpaired) electrons. The SMILES string of the molecule is C[C@@]1(O)CC(=O)[C@@H](C(=O)OCc2ccccc2)[C@H](c2ccccc2)[C@@H]1C(=O)OCc1ccccc1. The van der Waals surface area contributed by atoms with Crippen molar-refractivity contribution < 1.29 is 29.0 Å². The van der Waals surface area contributed by atoms with Crippen LogP contribution in [0.4, 0.5) is 0 Å². The van der Waals surface area contributed by atoms with E-state index in [9.17, 15) is 19.5 Å². The van der Waals surface area contributed by atoms with E-state index >= 15 is 0 Å². The maximum absolute atomic E-state index is 13.4. The number of carbonyl (C=O) groups excluding carboxylic acids is 3. The van der Waals surface area contributed by atoms with E-state index in [0.29, 0.717) is 5.56 Å². The Morgan fingerprint density at radius 2 is 1.26 bits per heavy atom. The summed E-state index contributed by atoms with van der Waals surface area (Å²) in [4.78, 5) is 39.8. The van der Waals surface area contributed by atoms with Crippen LogP contribution in [0.3, 0.4) is 0 Å². The molecule has 6 nitrogen and oxygen atoms in total. The Morgan fingerprint density at radius 3 is 1.77 bits per heavy atom. The fourth-order valence-corrected chi connectivity index (χ4v) is 4.73. The third-order valence-corrected chi connectivity index (χ3v) is 6.41. The van der Waals surface area contributed by atoms with Gasteiger partial charge in [-0.15, -0.1) is 0 Å². The molecule has 0 aliphatic heterocycles. The third kappa shape index (κ3) is 5.66. The largest absolute Gasteiger partial charge is 0.461 e. The van der Waals surface area contributed by atoms with Crippen LogP contribution in [-0.4, -0.2) is 28.4 Å². The zero-order valence-electron chi connectivity index (χ0n) is 19.5. The molecule has 1 saturated carbocycles. The van der Waals surface area contributed by atoms with Crippen LogP contribution in [0.2, 0.25) is 0 Å². The van der Waals surface area contributed by atoms with Crippen molar-refractivity contribution in [2.75, 3.05) is 0 Å². The van der Waals surface area contributed by atoms with Crippen LogP contribution in [0.15, 0.2) is 91.0 Å². The normalized spacial score (nSPS) is 23.9. The minimum atomic E-state index is -1.69. The second-order valence-corrected chi connectivity index (χ2v) is 9.08. The molecule has 1 aliphatic carbocycles. The molecule has 35 heavy (non-hydrogen) atoms. The van der Waals surface area contributed by atoms with E-state index in [1.807, 2.05) is 60.7 Å². The summed E-state index contributed by atoms with van der Waals surface area (Å²) >= 11 is 0. The highest BCUT2D eigenvalue weighted by Gasteiger charge is 2.57. The molecule has 0 amide bonds. The fraction of sp³-hybridized carbons (Fsp3) is 0.276. The summed E-state index contributed by atoms with van der Waals surface area (Å²) in [5.41, 5.74) is 0.472.